The van der Waals surface area contributed by atoms with Crippen LogP contribution in [0.2, 0.25) is 0 Å². The second kappa shape index (κ2) is 10.1. The molecule has 1 aliphatic heterocycles. The number of rotatable bonds is 6. The van der Waals surface area contributed by atoms with Crippen molar-refractivity contribution in [3.05, 3.63) is 57.8 Å². The van der Waals surface area contributed by atoms with Crippen molar-refractivity contribution >= 4 is 62.7 Å². The predicted octanol–water partition coefficient (Wildman–Crippen LogP) is 3.21. The van der Waals surface area contributed by atoms with E-state index in [4.69, 9.17) is 21.7 Å². The molecule has 2 aromatic carbocycles. The van der Waals surface area contributed by atoms with E-state index in [2.05, 4.69) is 21.2 Å². The van der Waals surface area contributed by atoms with Crippen molar-refractivity contribution in [2.24, 2.45) is 0 Å². The predicted molar refractivity (Wildman–Crippen MR) is 127 cm³/mol. The van der Waals surface area contributed by atoms with Crippen molar-refractivity contribution in [3.63, 3.8) is 0 Å². The lowest BCUT2D eigenvalue weighted by Gasteiger charge is -2.31. The molecule has 0 aromatic heterocycles. The highest BCUT2D eigenvalue weighted by molar-refractivity contribution is 9.10. The van der Waals surface area contributed by atoms with Gasteiger partial charge in [0, 0.05) is 19.8 Å². The van der Waals surface area contributed by atoms with Crippen LogP contribution in [0.25, 0.3) is 6.08 Å². The normalized spacial score (nSPS) is 13.8. The van der Waals surface area contributed by atoms with Crippen LogP contribution in [0.4, 0.5) is 10.1 Å². The average molecular weight is 536 g/mol. The van der Waals surface area contributed by atoms with E-state index in [9.17, 15) is 18.8 Å². The van der Waals surface area contributed by atoms with Crippen LogP contribution in [0.5, 0.6) is 11.5 Å². The molecule has 1 saturated heterocycles. The third kappa shape index (κ3) is 5.37. The van der Waals surface area contributed by atoms with Gasteiger partial charge in [0.15, 0.2) is 23.2 Å². The van der Waals surface area contributed by atoms with Crippen molar-refractivity contribution in [3.8, 4) is 11.5 Å². The smallest absolute Gasteiger partial charge is 0.265 e. The van der Waals surface area contributed by atoms with Crippen molar-refractivity contribution in [2.75, 3.05) is 33.1 Å². The minimum atomic E-state index is -0.518. The van der Waals surface area contributed by atoms with Crippen molar-refractivity contribution in [2.45, 2.75) is 0 Å². The van der Waals surface area contributed by atoms with Gasteiger partial charge in [-0.1, -0.05) is 0 Å². The van der Waals surface area contributed by atoms with Gasteiger partial charge in [0.25, 0.3) is 17.7 Å². The minimum absolute atomic E-state index is 0.0603. The van der Waals surface area contributed by atoms with Crippen LogP contribution in [0, 0.1) is 5.82 Å². The summed E-state index contributed by atoms with van der Waals surface area (Å²) in [5.74, 6) is -1.37. The molecule has 1 fully saturated rings. The van der Waals surface area contributed by atoms with Crippen molar-refractivity contribution in [1.29, 1.82) is 0 Å². The molecule has 0 saturated carbocycles. The quantitative estimate of drug-likeness (QED) is 0.347. The number of anilines is 1. The maximum absolute atomic E-state index is 13.0. The first-order valence-corrected chi connectivity index (χ1v) is 10.7. The van der Waals surface area contributed by atoms with Gasteiger partial charge in [-0.25, -0.2) is 4.39 Å². The summed E-state index contributed by atoms with van der Waals surface area (Å²) in [6, 6.07) is 8.51. The number of methoxy groups -OCH3 is 1. The number of ether oxygens (including phenoxy) is 2. The van der Waals surface area contributed by atoms with Gasteiger partial charge in [0.05, 0.1) is 11.6 Å². The number of halogens is 2. The number of nitrogens with one attached hydrogen (secondary N) is 1. The first kappa shape index (κ1) is 24.3. The van der Waals surface area contributed by atoms with E-state index >= 15 is 0 Å². The molecular weight excluding hydrogens is 517 g/mol. The molecule has 0 radical (unpaired) electrons. The number of nitrogens with zero attached hydrogens (tertiary/aromatic N) is 2. The molecular formula is C22H19BrFN3O5S. The molecule has 8 nitrogen and oxygen atoms in total. The lowest BCUT2D eigenvalue weighted by Crippen LogP contribution is -2.52. The highest BCUT2D eigenvalue weighted by atomic mass is 79.9. The van der Waals surface area contributed by atoms with Gasteiger partial charge >= 0.3 is 0 Å². The van der Waals surface area contributed by atoms with E-state index in [-0.39, 0.29) is 28.8 Å². The Bertz CT molecular complexity index is 1140. The fourth-order valence-corrected chi connectivity index (χ4v) is 3.71. The summed E-state index contributed by atoms with van der Waals surface area (Å²) in [4.78, 5) is 39.7. The molecule has 3 amide bonds. The molecule has 0 unspecified atom stereocenters. The number of carbonyl (C=O) groups is 3. The van der Waals surface area contributed by atoms with E-state index in [0.717, 1.165) is 0 Å². The molecule has 1 heterocycles. The van der Waals surface area contributed by atoms with Crippen LogP contribution >= 0.6 is 28.1 Å². The third-order valence-electron chi connectivity index (χ3n) is 4.68. The number of benzene rings is 2. The molecule has 0 spiro atoms. The van der Waals surface area contributed by atoms with Gasteiger partial charge in [-0.15, -0.1) is 0 Å². The molecule has 11 heteroatoms. The summed E-state index contributed by atoms with van der Waals surface area (Å²) >= 11 is 8.46. The number of likely N-dealkylation sites (N-methyl/N-ethyl adjacent to an activating group) is 2. The topological polar surface area (TPSA) is 88.2 Å². The summed E-state index contributed by atoms with van der Waals surface area (Å²) in [6.45, 7) is -0.337. The second-order valence-electron chi connectivity index (χ2n) is 6.95. The van der Waals surface area contributed by atoms with E-state index in [0.29, 0.717) is 15.7 Å². The van der Waals surface area contributed by atoms with Gasteiger partial charge in [-0.05, 0) is 76.2 Å². The Morgan fingerprint density at radius 2 is 1.76 bits per heavy atom. The van der Waals surface area contributed by atoms with E-state index < -0.39 is 23.5 Å². The van der Waals surface area contributed by atoms with Gasteiger partial charge in [0.1, 0.15) is 11.4 Å². The van der Waals surface area contributed by atoms with Crippen LogP contribution in [0.1, 0.15) is 5.56 Å². The third-order valence-corrected chi connectivity index (χ3v) is 5.82. The van der Waals surface area contributed by atoms with Gasteiger partial charge in [-0.2, -0.15) is 0 Å². The van der Waals surface area contributed by atoms with E-state index in [1.807, 2.05) is 0 Å². The van der Waals surface area contributed by atoms with E-state index in [1.54, 1.807) is 12.1 Å². The molecule has 172 valence electrons. The van der Waals surface area contributed by atoms with E-state index in [1.165, 1.54) is 61.3 Å². The number of hydrogen-bond donors (Lipinski definition) is 1. The summed E-state index contributed by atoms with van der Waals surface area (Å²) in [7, 11) is 4.40. The minimum Gasteiger partial charge on any atom is -0.493 e. The molecule has 1 N–H and O–H groups in total. The highest BCUT2D eigenvalue weighted by Gasteiger charge is 2.35. The monoisotopic (exact) mass is 535 g/mol. The highest BCUT2D eigenvalue weighted by Crippen LogP contribution is 2.37. The Labute approximate surface area is 203 Å². The SMILES string of the molecule is COc1cc(C=C2C(=O)N(C)C(=S)N(C)C2=O)cc(Br)c1OCC(=O)Nc1ccc(F)cc1. The number of thiocarbonyl (C=S) groups is 1. The second-order valence-corrected chi connectivity index (χ2v) is 8.17. The molecule has 3 rings (SSSR count). The molecule has 2 aromatic rings. The molecule has 1 aliphatic rings. The molecule has 0 aliphatic carbocycles. The Morgan fingerprint density at radius 1 is 1.15 bits per heavy atom. The number of carbonyl (C=O) groups excluding carboxylic acids is 3. The zero-order valence-electron chi connectivity index (χ0n) is 17.8. The number of amides is 3. The Morgan fingerprint density at radius 3 is 2.33 bits per heavy atom. The van der Waals surface area contributed by atoms with Crippen LogP contribution in [-0.2, 0) is 14.4 Å². The van der Waals surface area contributed by atoms with Gasteiger partial charge < -0.3 is 14.8 Å². The fourth-order valence-electron chi connectivity index (χ4n) is 2.97. The summed E-state index contributed by atoms with van der Waals surface area (Å²) in [6.07, 6.45) is 1.43. The lowest BCUT2D eigenvalue weighted by molar-refractivity contribution is -0.132. The lowest BCUT2D eigenvalue weighted by atomic mass is 10.1. The maximum atomic E-state index is 13.0. The zero-order chi connectivity index (χ0) is 24.3. The zero-order valence-corrected chi connectivity index (χ0v) is 20.3. The molecule has 0 atom stereocenters. The van der Waals surface area contributed by atoms with Crippen LogP contribution in [0.3, 0.4) is 0 Å². The Balaban J connectivity index is 1.79. The largest absolute Gasteiger partial charge is 0.493 e. The summed E-state index contributed by atoms with van der Waals surface area (Å²) < 4.78 is 24.4. The van der Waals surface area contributed by atoms with Gasteiger partial charge in [0.2, 0.25) is 0 Å². The van der Waals surface area contributed by atoms with Crippen molar-refractivity contribution in [1.82, 2.24) is 9.80 Å². The van der Waals surface area contributed by atoms with Crippen molar-refractivity contribution < 1.29 is 28.2 Å². The summed E-state index contributed by atoms with van der Waals surface area (Å²) in [5, 5.41) is 2.71. The first-order valence-electron chi connectivity index (χ1n) is 9.50. The van der Waals surface area contributed by atoms with Crippen LogP contribution < -0.4 is 14.8 Å². The van der Waals surface area contributed by atoms with Crippen LogP contribution in [-0.4, -0.2) is 60.4 Å². The molecule has 33 heavy (non-hydrogen) atoms. The Kier molecular flexibility index (Phi) is 7.44. The molecule has 0 bridgehead atoms. The standard InChI is InChI=1S/C22H19BrFN3O5S/c1-26-20(29)15(21(30)27(2)22(26)33)8-12-9-16(23)19(17(10-12)31-3)32-11-18(28)25-14-6-4-13(24)5-7-14/h4-10H,11H2,1-3H3,(H,25,28). The average Bonchev–Trinajstić information content (AvgIpc) is 2.79. The van der Waals surface area contributed by atoms with Crippen LogP contribution in [0.15, 0.2) is 46.4 Å². The maximum Gasteiger partial charge on any atom is 0.265 e. The summed E-state index contributed by atoms with van der Waals surface area (Å²) in [5.41, 5.74) is 0.859. The number of hydrogen-bond acceptors (Lipinski definition) is 6. The van der Waals surface area contributed by atoms with Gasteiger partial charge in [-0.3, -0.25) is 24.2 Å². The fraction of sp³-hybridized carbons (Fsp3) is 0.182. The Hall–Kier alpha value is -3.31. The first-order chi connectivity index (χ1) is 15.6.